The summed E-state index contributed by atoms with van der Waals surface area (Å²) in [5.74, 6) is 0.206. The van der Waals surface area contributed by atoms with Crippen molar-refractivity contribution in [2.75, 3.05) is 13.2 Å². The standard InChI is InChI=1S/C15H20BrF2NO2/c16-12-5-6-14(21-15(17)18)11(9-12)10-19-7-8-20-13-3-1-2-4-13/h5-6,9,13,15,19H,1-4,7-8,10H2. The monoisotopic (exact) mass is 363 g/mol. The quantitative estimate of drug-likeness (QED) is 0.705. The Morgan fingerprint density at radius 3 is 2.76 bits per heavy atom. The number of rotatable bonds is 8. The second-order valence-electron chi connectivity index (χ2n) is 5.08. The van der Waals surface area contributed by atoms with Gasteiger partial charge in [-0.25, -0.2) is 0 Å². The Morgan fingerprint density at radius 2 is 2.05 bits per heavy atom. The second-order valence-corrected chi connectivity index (χ2v) is 6.00. The van der Waals surface area contributed by atoms with E-state index < -0.39 is 6.61 Å². The van der Waals surface area contributed by atoms with Crippen LogP contribution in [0, 0.1) is 0 Å². The first kappa shape index (κ1) is 16.6. The minimum absolute atomic E-state index is 0.206. The summed E-state index contributed by atoms with van der Waals surface area (Å²) in [4.78, 5) is 0. The SMILES string of the molecule is FC(F)Oc1ccc(Br)cc1CNCCOC1CCCC1. The molecule has 2 rings (SSSR count). The molecule has 0 amide bonds. The summed E-state index contributed by atoms with van der Waals surface area (Å²) in [7, 11) is 0. The molecule has 0 bridgehead atoms. The summed E-state index contributed by atoms with van der Waals surface area (Å²) in [6.07, 6.45) is 5.21. The number of hydrogen-bond acceptors (Lipinski definition) is 3. The van der Waals surface area contributed by atoms with Gasteiger partial charge in [0.25, 0.3) is 0 Å². The van der Waals surface area contributed by atoms with Gasteiger partial charge in [0.1, 0.15) is 5.75 Å². The van der Waals surface area contributed by atoms with E-state index in [1.54, 1.807) is 18.2 Å². The predicted octanol–water partition coefficient (Wildman–Crippen LogP) is 4.10. The number of benzene rings is 1. The molecule has 0 unspecified atom stereocenters. The van der Waals surface area contributed by atoms with Gasteiger partial charge >= 0.3 is 6.61 Å². The maximum atomic E-state index is 12.3. The summed E-state index contributed by atoms with van der Waals surface area (Å²) in [5, 5.41) is 3.20. The summed E-state index contributed by atoms with van der Waals surface area (Å²) in [6.45, 7) is -1.01. The zero-order valence-corrected chi connectivity index (χ0v) is 13.4. The van der Waals surface area contributed by atoms with Gasteiger partial charge in [0.15, 0.2) is 0 Å². The Labute approximate surface area is 132 Å². The van der Waals surface area contributed by atoms with Crippen LogP contribution in [0.5, 0.6) is 5.75 Å². The summed E-state index contributed by atoms with van der Waals surface area (Å²) < 4.78 is 35.8. The molecule has 1 aliphatic carbocycles. The smallest absolute Gasteiger partial charge is 0.387 e. The third-order valence-electron chi connectivity index (χ3n) is 3.49. The Morgan fingerprint density at radius 1 is 1.29 bits per heavy atom. The minimum Gasteiger partial charge on any atom is -0.434 e. The van der Waals surface area contributed by atoms with Crippen molar-refractivity contribution in [1.29, 1.82) is 0 Å². The van der Waals surface area contributed by atoms with Crippen LogP contribution in [0.1, 0.15) is 31.2 Å². The third kappa shape index (κ3) is 5.88. The predicted molar refractivity (Wildman–Crippen MR) is 80.7 cm³/mol. The lowest BCUT2D eigenvalue weighted by molar-refractivity contribution is -0.0505. The fraction of sp³-hybridized carbons (Fsp3) is 0.600. The van der Waals surface area contributed by atoms with Crippen molar-refractivity contribution in [2.24, 2.45) is 0 Å². The highest BCUT2D eigenvalue weighted by Gasteiger charge is 2.14. The molecule has 1 fully saturated rings. The van der Waals surface area contributed by atoms with Gasteiger partial charge in [-0.2, -0.15) is 8.78 Å². The van der Waals surface area contributed by atoms with Gasteiger partial charge in [0, 0.05) is 23.1 Å². The van der Waals surface area contributed by atoms with E-state index in [0.29, 0.717) is 31.4 Å². The molecule has 1 aliphatic rings. The van der Waals surface area contributed by atoms with Crippen LogP contribution in [0.3, 0.4) is 0 Å². The van der Waals surface area contributed by atoms with Crippen LogP contribution in [-0.2, 0) is 11.3 Å². The summed E-state index contributed by atoms with van der Waals surface area (Å²) in [6, 6.07) is 5.01. The van der Waals surface area contributed by atoms with E-state index in [0.717, 1.165) is 17.3 Å². The maximum Gasteiger partial charge on any atom is 0.387 e. The average Bonchev–Trinajstić information content (AvgIpc) is 2.94. The minimum atomic E-state index is -2.81. The zero-order valence-electron chi connectivity index (χ0n) is 11.8. The van der Waals surface area contributed by atoms with Crippen LogP contribution < -0.4 is 10.1 Å². The zero-order chi connectivity index (χ0) is 15.1. The molecule has 118 valence electrons. The van der Waals surface area contributed by atoms with Crippen LogP contribution in [0.2, 0.25) is 0 Å². The molecule has 1 saturated carbocycles. The van der Waals surface area contributed by atoms with Gasteiger partial charge in [-0.3, -0.25) is 0 Å². The van der Waals surface area contributed by atoms with Crippen molar-refractivity contribution < 1.29 is 18.3 Å². The van der Waals surface area contributed by atoms with E-state index in [9.17, 15) is 8.78 Å². The molecule has 0 radical (unpaired) electrons. The fourth-order valence-corrected chi connectivity index (χ4v) is 2.88. The van der Waals surface area contributed by atoms with Gasteiger partial charge in [0.05, 0.1) is 12.7 Å². The second kappa shape index (κ2) is 8.66. The molecule has 1 N–H and O–H groups in total. The van der Waals surface area contributed by atoms with Gasteiger partial charge in [0.2, 0.25) is 0 Å². The van der Waals surface area contributed by atoms with Gasteiger partial charge in [-0.05, 0) is 31.0 Å². The van der Waals surface area contributed by atoms with Crippen molar-refractivity contribution in [3.63, 3.8) is 0 Å². The Bertz CT molecular complexity index is 440. The number of halogens is 3. The highest BCUT2D eigenvalue weighted by atomic mass is 79.9. The third-order valence-corrected chi connectivity index (χ3v) is 3.98. The first-order valence-corrected chi connectivity index (χ1v) is 8.00. The van der Waals surface area contributed by atoms with Gasteiger partial charge in [-0.1, -0.05) is 28.8 Å². The number of alkyl halides is 2. The van der Waals surface area contributed by atoms with Crippen molar-refractivity contribution in [3.8, 4) is 5.75 Å². The van der Waals surface area contributed by atoms with Crippen LogP contribution in [-0.4, -0.2) is 25.9 Å². The molecule has 1 aromatic carbocycles. The lowest BCUT2D eigenvalue weighted by Gasteiger charge is -2.13. The van der Waals surface area contributed by atoms with Crippen molar-refractivity contribution in [2.45, 2.75) is 44.9 Å². The molecule has 21 heavy (non-hydrogen) atoms. The molecule has 0 aliphatic heterocycles. The van der Waals surface area contributed by atoms with E-state index in [-0.39, 0.29) is 5.75 Å². The number of hydrogen-bond donors (Lipinski definition) is 1. The molecule has 6 heteroatoms. The summed E-state index contributed by atoms with van der Waals surface area (Å²) in [5.41, 5.74) is 0.700. The van der Waals surface area contributed by atoms with Crippen LogP contribution in [0.25, 0.3) is 0 Å². The normalized spacial score (nSPS) is 15.8. The highest BCUT2D eigenvalue weighted by Crippen LogP contribution is 2.24. The molecule has 0 spiro atoms. The van der Waals surface area contributed by atoms with E-state index in [2.05, 4.69) is 26.0 Å². The topological polar surface area (TPSA) is 30.5 Å². The van der Waals surface area contributed by atoms with Crippen molar-refractivity contribution in [1.82, 2.24) is 5.32 Å². The maximum absolute atomic E-state index is 12.3. The molecule has 0 saturated heterocycles. The molecule has 0 atom stereocenters. The van der Waals surface area contributed by atoms with E-state index in [4.69, 9.17) is 4.74 Å². The van der Waals surface area contributed by atoms with Gasteiger partial charge < -0.3 is 14.8 Å². The van der Waals surface area contributed by atoms with Crippen LogP contribution in [0.15, 0.2) is 22.7 Å². The Kier molecular flexibility index (Phi) is 6.86. The molecule has 0 heterocycles. The van der Waals surface area contributed by atoms with Gasteiger partial charge in [-0.15, -0.1) is 0 Å². The highest BCUT2D eigenvalue weighted by molar-refractivity contribution is 9.10. The van der Waals surface area contributed by atoms with Crippen molar-refractivity contribution >= 4 is 15.9 Å². The first-order valence-electron chi connectivity index (χ1n) is 7.20. The average molecular weight is 364 g/mol. The molecule has 0 aromatic heterocycles. The lowest BCUT2D eigenvalue weighted by Crippen LogP contribution is -2.22. The van der Waals surface area contributed by atoms with Crippen LogP contribution >= 0.6 is 15.9 Å². The molecular formula is C15H20BrF2NO2. The lowest BCUT2D eigenvalue weighted by atomic mass is 10.2. The first-order chi connectivity index (χ1) is 10.1. The number of nitrogens with one attached hydrogen (secondary N) is 1. The Hall–Kier alpha value is -0.720. The van der Waals surface area contributed by atoms with E-state index in [1.165, 1.54) is 12.8 Å². The molecule has 3 nitrogen and oxygen atoms in total. The molecular weight excluding hydrogens is 344 g/mol. The molecule has 1 aromatic rings. The summed E-state index contributed by atoms with van der Waals surface area (Å²) >= 11 is 3.33. The van der Waals surface area contributed by atoms with Crippen LogP contribution in [0.4, 0.5) is 8.78 Å². The van der Waals surface area contributed by atoms with E-state index in [1.807, 2.05) is 0 Å². The van der Waals surface area contributed by atoms with E-state index >= 15 is 0 Å². The van der Waals surface area contributed by atoms with Crippen molar-refractivity contribution in [3.05, 3.63) is 28.2 Å². The number of ether oxygens (including phenoxy) is 2. The Balaban J connectivity index is 1.74. The largest absolute Gasteiger partial charge is 0.434 e. The fourth-order valence-electron chi connectivity index (χ4n) is 2.47.